The molecule has 1 aliphatic rings. The number of nitrogens with two attached hydrogens (primary N) is 1. The summed E-state index contributed by atoms with van der Waals surface area (Å²) < 4.78 is 5.51. The molecule has 1 aromatic rings. The van der Waals surface area contributed by atoms with Crippen LogP contribution < -0.4 is 5.73 Å². The van der Waals surface area contributed by atoms with Gasteiger partial charge in [-0.15, -0.1) is 0 Å². The van der Waals surface area contributed by atoms with Crippen LogP contribution in [-0.2, 0) is 16.7 Å². The molecule has 1 aliphatic heterocycles. The Labute approximate surface area is 104 Å². The second-order valence-electron chi connectivity index (χ2n) is 5.07. The molecule has 0 spiro atoms. The van der Waals surface area contributed by atoms with E-state index in [0.29, 0.717) is 0 Å². The normalized spacial score (nSPS) is 25.5. The highest BCUT2D eigenvalue weighted by Crippen LogP contribution is 2.30. The van der Waals surface area contributed by atoms with E-state index in [1.807, 2.05) is 0 Å². The minimum absolute atomic E-state index is 0.180. The molecule has 2 rings (SSSR count). The van der Waals surface area contributed by atoms with Crippen LogP contribution in [0.1, 0.15) is 43.7 Å². The predicted molar refractivity (Wildman–Crippen MR) is 71.0 cm³/mol. The lowest BCUT2D eigenvalue weighted by molar-refractivity contribution is 0.139. The maximum atomic E-state index is 6.57. The van der Waals surface area contributed by atoms with Crippen molar-refractivity contribution in [3.05, 3.63) is 35.4 Å². The van der Waals surface area contributed by atoms with Crippen LogP contribution in [0.15, 0.2) is 24.3 Å². The largest absolute Gasteiger partial charge is 0.381 e. The van der Waals surface area contributed by atoms with Gasteiger partial charge in [0.1, 0.15) is 0 Å². The smallest absolute Gasteiger partial charge is 0.0486 e. The third kappa shape index (κ3) is 3.08. The number of rotatable bonds is 3. The lowest BCUT2D eigenvalue weighted by Gasteiger charge is -2.28. The number of ether oxygens (including phenoxy) is 1. The monoisotopic (exact) mass is 233 g/mol. The van der Waals surface area contributed by atoms with Gasteiger partial charge in [-0.25, -0.2) is 0 Å². The van der Waals surface area contributed by atoms with Gasteiger partial charge < -0.3 is 10.5 Å². The number of aryl methyl sites for hydroxylation is 1. The van der Waals surface area contributed by atoms with Gasteiger partial charge in [0, 0.05) is 18.8 Å². The van der Waals surface area contributed by atoms with Crippen molar-refractivity contribution in [3.8, 4) is 0 Å². The molecule has 1 saturated heterocycles. The van der Waals surface area contributed by atoms with E-state index in [-0.39, 0.29) is 5.54 Å². The third-order valence-electron chi connectivity index (χ3n) is 3.64. The minimum atomic E-state index is -0.180. The maximum Gasteiger partial charge on any atom is 0.0486 e. The van der Waals surface area contributed by atoms with Gasteiger partial charge in [-0.2, -0.15) is 0 Å². The van der Waals surface area contributed by atoms with Gasteiger partial charge in [-0.3, -0.25) is 0 Å². The zero-order valence-corrected chi connectivity index (χ0v) is 10.7. The van der Waals surface area contributed by atoms with E-state index < -0.39 is 0 Å². The van der Waals surface area contributed by atoms with E-state index in [0.717, 1.165) is 38.9 Å². The van der Waals surface area contributed by atoms with Gasteiger partial charge >= 0.3 is 0 Å². The summed E-state index contributed by atoms with van der Waals surface area (Å²) in [6.45, 7) is 3.85. The Hall–Kier alpha value is -0.860. The molecule has 0 saturated carbocycles. The molecule has 1 atom stereocenters. The summed E-state index contributed by atoms with van der Waals surface area (Å²) in [5.41, 5.74) is 9.07. The van der Waals surface area contributed by atoms with Crippen LogP contribution >= 0.6 is 0 Å². The summed E-state index contributed by atoms with van der Waals surface area (Å²) in [6, 6.07) is 8.80. The lowest BCUT2D eigenvalue weighted by Crippen LogP contribution is -2.37. The second-order valence-corrected chi connectivity index (χ2v) is 5.07. The fraction of sp³-hybridized carbons (Fsp3) is 0.600. The SMILES string of the molecule is CCCc1cccc(C2(N)CCCOCC2)c1. The first-order valence-corrected chi connectivity index (χ1v) is 6.71. The van der Waals surface area contributed by atoms with E-state index in [1.54, 1.807) is 0 Å². The number of hydrogen-bond acceptors (Lipinski definition) is 2. The molecule has 2 nitrogen and oxygen atoms in total. The minimum Gasteiger partial charge on any atom is -0.381 e. The van der Waals surface area contributed by atoms with E-state index in [4.69, 9.17) is 10.5 Å². The Bertz CT molecular complexity index is 354. The van der Waals surface area contributed by atoms with E-state index in [9.17, 15) is 0 Å². The summed E-state index contributed by atoms with van der Waals surface area (Å²) in [4.78, 5) is 0. The van der Waals surface area contributed by atoms with Crippen LogP contribution in [0.4, 0.5) is 0 Å². The van der Waals surface area contributed by atoms with Gasteiger partial charge in [-0.05, 0) is 36.8 Å². The summed E-state index contributed by atoms with van der Waals surface area (Å²) in [5.74, 6) is 0. The lowest BCUT2D eigenvalue weighted by atomic mass is 9.83. The summed E-state index contributed by atoms with van der Waals surface area (Å²) in [6.07, 6.45) is 5.35. The average molecular weight is 233 g/mol. The highest BCUT2D eigenvalue weighted by atomic mass is 16.5. The van der Waals surface area contributed by atoms with Crippen molar-refractivity contribution in [2.75, 3.05) is 13.2 Å². The zero-order chi connectivity index (χ0) is 12.1. The van der Waals surface area contributed by atoms with Gasteiger partial charge in [0.05, 0.1) is 0 Å². The highest BCUT2D eigenvalue weighted by molar-refractivity contribution is 5.29. The molecule has 2 heteroatoms. The number of hydrogen-bond donors (Lipinski definition) is 1. The van der Waals surface area contributed by atoms with Crippen molar-refractivity contribution in [1.82, 2.24) is 0 Å². The molecule has 1 heterocycles. The van der Waals surface area contributed by atoms with Crippen LogP contribution in [-0.4, -0.2) is 13.2 Å². The van der Waals surface area contributed by atoms with E-state index in [2.05, 4.69) is 31.2 Å². The quantitative estimate of drug-likeness (QED) is 0.871. The summed E-state index contributed by atoms with van der Waals surface area (Å²) >= 11 is 0. The topological polar surface area (TPSA) is 35.2 Å². The van der Waals surface area contributed by atoms with Crippen LogP contribution in [0.3, 0.4) is 0 Å². The summed E-state index contributed by atoms with van der Waals surface area (Å²) in [7, 11) is 0. The first-order chi connectivity index (χ1) is 8.24. The van der Waals surface area contributed by atoms with Gasteiger partial charge in [0.25, 0.3) is 0 Å². The standard InChI is InChI=1S/C15H23NO/c1-2-5-13-6-3-7-14(12-13)15(16)8-4-10-17-11-9-15/h3,6-7,12H,2,4-5,8-11,16H2,1H3. The first kappa shape index (κ1) is 12.6. The molecular weight excluding hydrogens is 210 g/mol. The molecule has 2 N–H and O–H groups in total. The van der Waals surface area contributed by atoms with Crippen molar-refractivity contribution >= 4 is 0 Å². The van der Waals surface area contributed by atoms with Crippen LogP contribution in [0.2, 0.25) is 0 Å². The van der Waals surface area contributed by atoms with Crippen molar-refractivity contribution in [2.45, 2.75) is 44.6 Å². The molecule has 1 fully saturated rings. The molecule has 94 valence electrons. The Kier molecular flexibility index (Phi) is 4.19. The zero-order valence-electron chi connectivity index (χ0n) is 10.7. The molecule has 0 aliphatic carbocycles. The van der Waals surface area contributed by atoms with Crippen molar-refractivity contribution < 1.29 is 4.74 Å². The summed E-state index contributed by atoms with van der Waals surface area (Å²) in [5, 5.41) is 0. The van der Waals surface area contributed by atoms with Crippen molar-refractivity contribution in [3.63, 3.8) is 0 Å². The van der Waals surface area contributed by atoms with Gasteiger partial charge in [0.2, 0.25) is 0 Å². The molecule has 1 unspecified atom stereocenters. The van der Waals surface area contributed by atoms with Crippen molar-refractivity contribution in [1.29, 1.82) is 0 Å². The Morgan fingerprint density at radius 3 is 3.00 bits per heavy atom. The first-order valence-electron chi connectivity index (χ1n) is 6.71. The Morgan fingerprint density at radius 1 is 1.29 bits per heavy atom. The molecule has 1 aromatic carbocycles. The molecule has 0 amide bonds. The van der Waals surface area contributed by atoms with Crippen LogP contribution in [0.25, 0.3) is 0 Å². The molecule has 17 heavy (non-hydrogen) atoms. The molecule has 0 radical (unpaired) electrons. The second kappa shape index (κ2) is 5.65. The van der Waals surface area contributed by atoms with Crippen molar-refractivity contribution in [2.24, 2.45) is 5.73 Å². The van der Waals surface area contributed by atoms with E-state index in [1.165, 1.54) is 17.5 Å². The van der Waals surface area contributed by atoms with Crippen LogP contribution in [0, 0.1) is 0 Å². The van der Waals surface area contributed by atoms with Crippen LogP contribution in [0.5, 0.6) is 0 Å². The van der Waals surface area contributed by atoms with Gasteiger partial charge in [-0.1, -0.05) is 37.6 Å². The highest BCUT2D eigenvalue weighted by Gasteiger charge is 2.28. The average Bonchev–Trinajstić information content (AvgIpc) is 2.56. The fourth-order valence-electron chi connectivity index (χ4n) is 2.58. The molecular formula is C15H23NO. The Balaban J connectivity index is 2.21. The maximum absolute atomic E-state index is 6.57. The Morgan fingerprint density at radius 2 is 2.18 bits per heavy atom. The van der Waals surface area contributed by atoms with E-state index >= 15 is 0 Å². The number of benzene rings is 1. The molecule has 0 aromatic heterocycles. The fourth-order valence-corrected chi connectivity index (χ4v) is 2.58. The van der Waals surface area contributed by atoms with Gasteiger partial charge in [0.15, 0.2) is 0 Å². The third-order valence-corrected chi connectivity index (χ3v) is 3.64. The molecule has 0 bridgehead atoms. The predicted octanol–water partition coefficient (Wildman–Crippen LogP) is 2.99.